The summed E-state index contributed by atoms with van der Waals surface area (Å²) in [4.78, 5) is 33.9. The van der Waals surface area contributed by atoms with Crippen molar-refractivity contribution in [2.24, 2.45) is 0 Å². The molecule has 0 radical (unpaired) electrons. The Hall–Kier alpha value is -2.63. The van der Waals surface area contributed by atoms with Gasteiger partial charge < -0.3 is 9.88 Å². The number of H-pyrrole nitrogens is 1. The summed E-state index contributed by atoms with van der Waals surface area (Å²) in [5.41, 5.74) is 2.08. The van der Waals surface area contributed by atoms with E-state index in [9.17, 15) is 9.59 Å². The van der Waals surface area contributed by atoms with Crippen molar-refractivity contribution < 1.29 is 4.79 Å². The number of aromatic amines is 1. The highest BCUT2D eigenvalue weighted by molar-refractivity contribution is 6.31. The van der Waals surface area contributed by atoms with Gasteiger partial charge in [-0.1, -0.05) is 42.3 Å². The van der Waals surface area contributed by atoms with Crippen LogP contribution in [0.3, 0.4) is 0 Å². The number of carbonyl (C=O) groups excluding carboxylic acids is 1. The number of aromatic nitrogens is 2. The monoisotopic (exact) mass is 429 g/mol. The van der Waals surface area contributed by atoms with Crippen LogP contribution in [0.25, 0.3) is 17.0 Å². The standard InChI is InChI=1S/C22H21Cl2N3O2/c1-3-10-27(21(28)9-6-15-5-4-14(2)18(24)11-15)13-20-25-19-12-16(23)7-8-17(19)22(29)26-20/h4-9,11-12H,3,10,13H2,1-2H3,(H,25,26,29)/b9-6+. The van der Waals surface area contributed by atoms with Gasteiger partial charge in [0.1, 0.15) is 5.82 Å². The molecule has 3 aromatic rings. The fraction of sp³-hybridized carbons (Fsp3) is 0.227. The lowest BCUT2D eigenvalue weighted by Crippen LogP contribution is -2.31. The zero-order chi connectivity index (χ0) is 21.0. The Kier molecular flexibility index (Phi) is 6.72. The van der Waals surface area contributed by atoms with E-state index < -0.39 is 0 Å². The molecule has 0 bridgehead atoms. The van der Waals surface area contributed by atoms with Gasteiger partial charge in [-0.2, -0.15) is 0 Å². The second-order valence-electron chi connectivity index (χ2n) is 6.78. The molecular weight excluding hydrogens is 409 g/mol. The molecule has 0 aliphatic rings. The molecule has 0 atom stereocenters. The lowest BCUT2D eigenvalue weighted by molar-refractivity contribution is -0.126. The van der Waals surface area contributed by atoms with Crippen LogP contribution in [-0.4, -0.2) is 27.3 Å². The van der Waals surface area contributed by atoms with Crippen molar-refractivity contribution >= 4 is 46.1 Å². The molecule has 0 spiro atoms. The van der Waals surface area contributed by atoms with Gasteiger partial charge >= 0.3 is 0 Å². The van der Waals surface area contributed by atoms with Crippen LogP contribution in [0.2, 0.25) is 10.0 Å². The number of hydrogen-bond acceptors (Lipinski definition) is 3. The molecule has 5 nitrogen and oxygen atoms in total. The molecule has 0 saturated heterocycles. The molecule has 7 heteroatoms. The van der Waals surface area contributed by atoms with Crippen molar-refractivity contribution in [3.8, 4) is 0 Å². The van der Waals surface area contributed by atoms with Crippen molar-refractivity contribution in [3.63, 3.8) is 0 Å². The van der Waals surface area contributed by atoms with Gasteiger partial charge in [0.05, 0.1) is 17.4 Å². The Bertz CT molecular complexity index is 1140. The van der Waals surface area contributed by atoms with E-state index in [4.69, 9.17) is 23.2 Å². The van der Waals surface area contributed by atoms with E-state index in [2.05, 4.69) is 9.97 Å². The van der Waals surface area contributed by atoms with Crippen molar-refractivity contribution in [2.45, 2.75) is 26.8 Å². The first kappa shape index (κ1) is 21.1. The first-order valence-electron chi connectivity index (χ1n) is 9.29. The van der Waals surface area contributed by atoms with E-state index in [1.807, 2.05) is 32.0 Å². The molecule has 2 aromatic carbocycles. The highest BCUT2D eigenvalue weighted by Gasteiger charge is 2.13. The van der Waals surface area contributed by atoms with E-state index >= 15 is 0 Å². The van der Waals surface area contributed by atoms with Crippen LogP contribution in [0.5, 0.6) is 0 Å². The number of rotatable bonds is 6. The molecule has 0 saturated carbocycles. The zero-order valence-electron chi connectivity index (χ0n) is 16.2. The predicted molar refractivity (Wildman–Crippen MR) is 118 cm³/mol. The molecule has 1 heterocycles. The third-order valence-corrected chi connectivity index (χ3v) is 5.12. The summed E-state index contributed by atoms with van der Waals surface area (Å²) in [7, 11) is 0. The quantitative estimate of drug-likeness (QED) is 0.561. The van der Waals surface area contributed by atoms with Crippen LogP contribution in [0.4, 0.5) is 0 Å². The Labute approximate surface area is 179 Å². The van der Waals surface area contributed by atoms with E-state index in [-0.39, 0.29) is 18.0 Å². The van der Waals surface area contributed by atoms with E-state index in [0.29, 0.717) is 33.3 Å². The van der Waals surface area contributed by atoms with Crippen LogP contribution in [-0.2, 0) is 11.3 Å². The van der Waals surface area contributed by atoms with E-state index in [0.717, 1.165) is 17.5 Å². The lowest BCUT2D eigenvalue weighted by Gasteiger charge is -2.20. The van der Waals surface area contributed by atoms with Gasteiger partial charge in [0.15, 0.2) is 0 Å². The van der Waals surface area contributed by atoms with Gasteiger partial charge in [0.25, 0.3) is 5.56 Å². The second-order valence-corrected chi connectivity index (χ2v) is 7.62. The summed E-state index contributed by atoms with van der Waals surface area (Å²) in [6, 6.07) is 10.6. The number of nitrogens with one attached hydrogen (secondary N) is 1. The molecule has 3 rings (SSSR count). The maximum Gasteiger partial charge on any atom is 0.258 e. The largest absolute Gasteiger partial charge is 0.332 e. The van der Waals surface area contributed by atoms with Gasteiger partial charge in [0, 0.05) is 22.7 Å². The number of halogens is 2. The van der Waals surface area contributed by atoms with Crippen LogP contribution in [0, 0.1) is 6.92 Å². The number of hydrogen-bond donors (Lipinski definition) is 1. The number of benzene rings is 2. The van der Waals surface area contributed by atoms with Gasteiger partial charge in [-0.15, -0.1) is 0 Å². The Morgan fingerprint density at radius 3 is 2.72 bits per heavy atom. The summed E-state index contributed by atoms with van der Waals surface area (Å²) in [6.07, 6.45) is 4.01. The lowest BCUT2D eigenvalue weighted by atomic mass is 10.1. The molecule has 1 amide bonds. The average molecular weight is 430 g/mol. The first-order valence-corrected chi connectivity index (χ1v) is 10.0. The fourth-order valence-corrected chi connectivity index (χ4v) is 3.29. The van der Waals surface area contributed by atoms with E-state index in [1.165, 1.54) is 6.08 Å². The van der Waals surface area contributed by atoms with Gasteiger partial charge in [-0.3, -0.25) is 9.59 Å². The van der Waals surface area contributed by atoms with Crippen LogP contribution in [0.15, 0.2) is 47.3 Å². The molecule has 0 fully saturated rings. The maximum atomic E-state index is 12.7. The van der Waals surface area contributed by atoms with Crippen molar-refractivity contribution in [1.82, 2.24) is 14.9 Å². The molecule has 0 unspecified atom stereocenters. The highest BCUT2D eigenvalue weighted by atomic mass is 35.5. The minimum atomic E-state index is -0.254. The third-order valence-electron chi connectivity index (χ3n) is 4.48. The molecule has 0 aliphatic carbocycles. The van der Waals surface area contributed by atoms with Crippen molar-refractivity contribution in [2.75, 3.05) is 6.54 Å². The van der Waals surface area contributed by atoms with Crippen molar-refractivity contribution in [3.05, 3.63) is 79.8 Å². The number of aryl methyl sites for hydroxylation is 1. The van der Waals surface area contributed by atoms with Crippen LogP contribution in [0.1, 0.15) is 30.3 Å². The number of carbonyl (C=O) groups is 1. The number of nitrogens with zero attached hydrogens (tertiary/aromatic N) is 2. The summed E-state index contributed by atoms with van der Waals surface area (Å²) in [5, 5.41) is 1.62. The number of amides is 1. The smallest absolute Gasteiger partial charge is 0.258 e. The Morgan fingerprint density at radius 2 is 2.00 bits per heavy atom. The molecule has 1 aromatic heterocycles. The van der Waals surface area contributed by atoms with Gasteiger partial charge in [0.2, 0.25) is 5.91 Å². The van der Waals surface area contributed by atoms with E-state index in [1.54, 1.807) is 29.2 Å². The SMILES string of the molecule is CCCN(Cc1nc2cc(Cl)ccc2c(=O)[nH]1)C(=O)/C=C/c1ccc(C)c(Cl)c1. The molecule has 29 heavy (non-hydrogen) atoms. The Balaban J connectivity index is 1.83. The summed E-state index contributed by atoms with van der Waals surface area (Å²) >= 11 is 12.2. The highest BCUT2D eigenvalue weighted by Crippen LogP contribution is 2.18. The zero-order valence-corrected chi connectivity index (χ0v) is 17.7. The van der Waals surface area contributed by atoms with Crippen molar-refractivity contribution in [1.29, 1.82) is 0 Å². The molecule has 150 valence electrons. The normalized spacial score (nSPS) is 11.3. The summed E-state index contributed by atoms with van der Waals surface area (Å²) < 4.78 is 0. The topological polar surface area (TPSA) is 66.1 Å². The third kappa shape index (κ3) is 5.25. The second kappa shape index (κ2) is 9.25. The van der Waals surface area contributed by atoms with Crippen LogP contribution < -0.4 is 5.56 Å². The summed E-state index contributed by atoms with van der Waals surface area (Å²) in [6.45, 7) is 4.65. The van der Waals surface area contributed by atoms with Gasteiger partial charge in [-0.25, -0.2) is 4.98 Å². The minimum absolute atomic E-state index is 0.169. The van der Waals surface area contributed by atoms with Crippen LogP contribution >= 0.6 is 23.2 Å². The fourth-order valence-electron chi connectivity index (χ4n) is 2.94. The molecular formula is C22H21Cl2N3O2. The predicted octanol–water partition coefficient (Wildman–Crippen LogP) is 4.99. The first-order chi connectivity index (χ1) is 13.9. The molecule has 0 aliphatic heterocycles. The Morgan fingerprint density at radius 1 is 1.21 bits per heavy atom. The summed E-state index contributed by atoms with van der Waals surface area (Å²) in [5.74, 6) is 0.246. The molecule has 1 N–H and O–H groups in total. The number of fused-ring (bicyclic) bond motifs is 1. The average Bonchev–Trinajstić information content (AvgIpc) is 2.68. The van der Waals surface area contributed by atoms with Gasteiger partial charge in [-0.05, 0) is 54.8 Å². The maximum absolute atomic E-state index is 12.7. The minimum Gasteiger partial charge on any atom is -0.332 e.